The fraction of sp³-hybridized carbons (Fsp3) is 0.696. The number of hydrogen-bond donors (Lipinski definition) is 1. The largest absolute Gasteiger partial charge is 0.477 e. The average molecular weight is 895 g/mol. The van der Waals surface area contributed by atoms with Crippen molar-refractivity contribution in [2.75, 3.05) is 41.0 Å². The Labute approximate surface area is 393 Å². The second kappa shape index (κ2) is 46.1. The Hall–Kier alpha value is -3.49. The second-order valence-electron chi connectivity index (χ2n) is 18.1. The number of carboxylic acid groups (broad SMARTS) is 1. The van der Waals surface area contributed by atoms with Crippen molar-refractivity contribution >= 4 is 17.9 Å². The number of quaternary nitrogens is 1. The van der Waals surface area contributed by atoms with Gasteiger partial charge in [0.15, 0.2) is 12.1 Å². The van der Waals surface area contributed by atoms with Gasteiger partial charge in [-0.2, -0.15) is 0 Å². The molecule has 0 aliphatic carbocycles. The molecule has 0 aliphatic rings. The maximum atomic E-state index is 12.8. The number of likely N-dealkylation sites (N-methyl/N-ethyl adjacent to an activating group) is 1. The number of nitrogens with zero attached hydrogens (tertiary/aromatic N) is 1. The number of hydrogen-bond acceptors (Lipinski definition) is 6. The van der Waals surface area contributed by atoms with E-state index in [4.69, 9.17) is 14.2 Å². The number of aliphatic carboxylic acids is 1. The molecule has 0 aliphatic heterocycles. The van der Waals surface area contributed by atoms with Crippen LogP contribution in [0.2, 0.25) is 0 Å². The van der Waals surface area contributed by atoms with Crippen molar-refractivity contribution in [1.29, 1.82) is 0 Å². The highest BCUT2D eigenvalue weighted by Crippen LogP contribution is 2.14. The molecule has 1 N–H and O–H groups in total. The summed E-state index contributed by atoms with van der Waals surface area (Å²) in [5.41, 5.74) is 0. The molecule has 2 unspecified atom stereocenters. The summed E-state index contributed by atoms with van der Waals surface area (Å²) in [5, 5.41) is 9.65. The van der Waals surface area contributed by atoms with E-state index < -0.39 is 18.1 Å². The molecule has 0 rings (SSSR count). The predicted octanol–water partition coefficient (Wildman–Crippen LogP) is 14.9. The number of carbonyl (C=O) groups is 3. The summed E-state index contributed by atoms with van der Waals surface area (Å²) in [5.74, 6) is -1.51. The van der Waals surface area contributed by atoms with Gasteiger partial charge >= 0.3 is 17.9 Å². The molecule has 0 spiro atoms. The van der Waals surface area contributed by atoms with Crippen LogP contribution in [0.3, 0.4) is 0 Å². The molecule has 2 atom stereocenters. The van der Waals surface area contributed by atoms with Crippen LogP contribution in [-0.4, -0.2) is 80.6 Å². The molecule has 0 amide bonds. The van der Waals surface area contributed by atoms with Crippen molar-refractivity contribution in [3.8, 4) is 0 Å². The van der Waals surface area contributed by atoms with Gasteiger partial charge in [0, 0.05) is 19.3 Å². The van der Waals surface area contributed by atoms with E-state index in [1.165, 1.54) is 64.2 Å². The third-order valence-corrected chi connectivity index (χ3v) is 11.1. The zero-order valence-electron chi connectivity index (χ0n) is 41.7. The number of carbonyl (C=O) groups excluding carboxylic acids is 2. The number of carboxylic acids is 1. The molecule has 0 radical (unpaired) electrons. The van der Waals surface area contributed by atoms with Crippen LogP contribution < -0.4 is 0 Å². The van der Waals surface area contributed by atoms with E-state index in [1.807, 2.05) is 21.1 Å². The van der Waals surface area contributed by atoms with Gasteiger partial charge in [-0.05, 0) is 83.5 Å². The van der Waals surface area contributed by atoms with Crippen LogP contribution in [0, 0.1) is 0 Å². The molecule has 366 valence electrons. The molecule has 0 heterocycles. The van der Waals surface area contributed by atoms with Gasteiger partial charge in [0.05, 0.1) is 34.4 Å². The van der Waals surface area contributed by atoms with E-state index in [2.05, 4.69) is 98.9 Å². The molecule has 64 heavy (non-hydrogen) atoms. The number of esters is 2. The monoisotopic (exact) mass is 895 g/mol. The molecule has 8 heteroatoms. The minimum Gasteiger partial charge on any atom is -0.477 e. The molecule has 0 aromatic heterocycles. The van der Waals surface area contributed by atoms with Crippen molar-refractivity contribution in [3.63, 3.8) is 0 Å². The highest BCUT2D eigenvalue weighted by molar-refractivity contribution is 5.72. The highest BCUT2D eigenvalue weighted by Gasteiger charge is 2.31. The first kappa shape index (κ1) is 60.5. The molecular formula is C56H96NO7+. The minimum atomic E-state index is -0.882. The van der Waals surface area contributed by atoms with Gasteiger partial charge in [0.1, 0.15) is 6.61 Å². The van der Waals surface area contributed by atoms with Crippen molar-refractivity contribution in [1.82, 2.24) is 0 Å². The summed E-state index contributed by atoms with van der Waals surface area (Å²) < 4.78 is 17.3. The number of unbranched alkanes of at least 4 members (excludes halogenated alkanes) is 18. The maximum absolute atomic E-state index is 12.8. The van der Waals surface area contributed by atoms with E-state index >= 15 is 0 Å². The molecule has 0 saturated carbocycles. The van der Waals surface area contributed by atoms with Crippen LogP contribution in [0.25, 0.3) is 0 Å². The van der Waals surface area contributed by atoms with Crippen LogP contribution >= 0.6 is 0 Å². The second-order valence-corrected chi connectivity index (χ2v) is 18.1. The third-order valence-electron chi connectivity index (χ3n) is 11.1. The van der Waals surface area contributed by atoms with E-state index in [-0.39, 0.29) is 36.2 Å². The van der Waals surface area contributed by atoms with Gasteiger partial charge in [0.25, 0.3) is 0 Å². The lowest BCUT2D eigenvalue weighted by atomic mass is 10.1. The Morgan fingerprint density at radius 3 is 1.39 bits per heavy atom. The number of rotatable bonds is 45. The standard InChI is InChI=1S/C56H95NO7/c1-6-8-10-12-14-16-18-20-22-24-26-27-28-29-31-32-34-36-38-40-42-44-46-54(58)63-51-52(50-62-49-48-53(56(60)61)57(3,4)5)64-55(59)47-45-43-41-39-37-35-33-30-25-23-21-19-17-15-13-11-9-7-2/h8,10,14,16,20,22-23,25-27,29-31,33,52-53H,6-7,9,11-13,15,17-19,21,24,28,32,34-51H2,1-5H3/p+1/b10-8+,16-14+,22-20+,25-23+,27-26+,31-29+,33-30+. The van der Waals surface area contributed by atoms with Crippen molar-refractivity contribution in [3.05, 3.63) is 85.1 Å². The predicted molar refractivity (Wildman–Crippen MR) is 270 cm³/mol. The topological polar surface area (TPSA) is 99.1 Å². The molecule has 0 bridgehead atoms. The van der Waals surface area contributed by atoms with Crippen LogP contribution in [-0.2, 0) is 28.6 Å². The maximum Gasteiger partial charge on any atom is 0.362 e. The average Bonchev–Trinajstić information content (AvgIpc) is 3.26. The molecule has 0 saturated heterocycles. The third kappa shape index (κ3) is 43.7. The van der Waals surface area contributed by atoms with Gasteiger partial charge in [-0.1, -0.05) is 182 Å². The summed E-state index contributed by atoms with van der Waals surface area (Å²) >= 11 is 0. The van der Waals surface area contributed by atoms with Gasteiger partial charge in [-0.3, -0.25) is 9.59 Å². The van der Waals surface area contributed by atoms with Gasteiger partial charge in [-0.25, -0.2) is 4.79 Å². The summed E-state index contributed by atoms with van der Waals surface area (Å²) in [7, 11) is 5.52. The van der Waals surface area contributed by atoms with Crippen molar-refractivity contribution in [2.24, 2.45) is 0 Å². The lowest BCUT2D eigenvalue weighted by Crippen LogP contribution is -2.50. The molecular weight excluding hydrogens is 799 g/mol. The zero-order chi connectivity index (χ0) is 47.0. The van der Waals surface area contributed by atoms with E-state index in [9.17, 15) is 19.5 Å². The normalized spacial score (nSPS) is 13.6. The van der Waals surface area contributed by atoms with Crippen LogP contribution in [0.5, 0.6) is 0 Å². The quantitative estimate of drug-likeness (QED) is 0.0214. The van der Waals surface area contributed by atoms with Crippen molar-refractivity contribution < 1.29 is 38.2 Å². The number of ether oxygens (including phenoxy) is 3. The summed E-state index contributed by atoms with van der Waals surface area (Å²) in [6.45, 7) is 4.59. The summed E-state index contributed by atoms with van der Waals surface area (Å²) in [6.07, 6.45) is 60.6. The van der Waals surface area contributed by atoms with E-state index in [0.29, 0.717) is 19.3 Å². The first-order chi connectivity index (χ1) is 31.1. The Morgan fingerprint density at radius 2 is 0.922 bits per heavy atom. The Bertz CT molecular complexity index is 1320. The van der Waals surface area contributed by atoms with Gasteiger partial charge in [-0.15, -0.1) is 0 Å². The lowest BCUT2D eigenvalue weighted by Gasteiger charge is -2.31. The number of allylic oxidation sites excluding steroid dienone is 14. The van der Waals surface area contributed by atoms with Crippen LogP contribution in [0.4, 0.5) is 0 Å². The first-order valence-electron chi connectivity index (χ1n) is 25.6. The van der Waals surface area contributed by atoms with Gasteiger partial charge < -0.3 is 23.8 Å². The fourth-order valence-electron chi connectivity index (χ4n) is 7.11. The Balaban J connectivity index is 4.33. The van der Waals surface area contributed by atoms with Crippen LogP contribution in [0.1, 0.15) is 200 Å². The van der Waals surface area contributed by atoms with E-state index in [1.54, 1.807) is 0 Å². The van der Waals surface area contributed by atoms with E-state index in [0.717, 1.165) is 103 Å². The SMILES string of the molecule is CC/C=C/C/C=C/C/C=C/C/C=C/C/C=C/CCCCCCCCC(=O)OCC(COCCC(C(=O)O)[N+](C)(C)C)OC(=O)CCCCCCC/C=C/C=C/CCCCCCCCC. The minimum absolute atomic E-state index is 0.0456. The lowest BCUT2D eigenvalue weighted by molar-refractivity contribution is -0.887. The highest BCUT2D eigenvalue weighted by atomic mass is 16.6. The summed E-state index contributed by atoms with van der Waals surface area (Å²) in [6, 6.07) is -0.625. The fourth-order valence-corrected chi connectivity index (χ4v) is 7.11. The Morgan fingerprint density at radius 1 is 0.500 bits per heavy atom. The molecule has 0 aromatic rings. The molecule has 8 nitrogen and oxygen atoms in total. The first-order valence-corrected chi connectivity index (χ1v) is 25.6. The van der Waals surface area contributed by atoms with Gasteiger partial charge in [0.2, 0.25) is 0 Å². The van der Waals surface area contributed by atoms with Crippen LogP contribution in [0.15, 0.2) is 85.1 Å². The zero-order valence-corrected chi connectivity index (χ0v) is 41.7. The summed E-state index contributed by atoms with van der Waals surface area (Å²) in [4.78, 5) is 37.2. The molecule has 0 aromatic carbocycles. The van der Waals surface area contributed by atoms with Crippen molar-refractivity contribution in [2.45, 2.75) is 212 Å². The smallest absolute Gasteiger partial charge is 0.362 e. The Kier molecular flexibility index (Phi) is 43.5. The molecule has 0 fully saturated rings.